The predicted molar refractivity (Wildman–Crippen MR) is 85.7 cm³/mol. The highest BCUT2D eigenvalue weighted by atomic mass is 32.2. The summed E-state index contributed by atoms with van der Waals surface area (Å²) in [5, 5.41) is 2.17. The Labute approximate surface area is 129 Å². The van der Waals surface area contributed by atoms with Crippen molar-refractivity contribution in [3.05, 3.63) is 40.9 Å². The highest BCUT2D eigenvalue weighted by Crippen LogP contribution is 2.23. The zero-order chi connectivity index (χ0) is 15.7. The molecule has 0 aliphatic heterocycles. The number of hydrogen-bond acceptors (Lipinski definition) is 5. The Balaban J connectivity index is 2.12. The highest BCUT2D eigenvalue weighted by molar-refractivity contribution is 7.89. The summed E-state index contributed by atoms with van der Waals surface area (Å²) in [6.07, 6.45) is 0. The van der Waals surface area contributed by atoms with Gasteiger partial charge in [-0.3, -0.25) is 0 Å². The maximum atomic E-state index is 12.2. The molecule has 0 fully saturated rings. The third kappa shape index (κ3) is 4.03. The SMILES string of the molecule is CC(C)(C)c1ccc(S(=O)(=O)NCc2csc(N)n2)cc1. The second-order valence-corrected chi connectivity index (χ2v) is 8.43. The van der Waals surface area contributed by atoms with Gasteiger partial charge in [0.15, 0.2) is 5.13 Å². The lowest BCUT2D eigenvalue weighted by atomic mass is 9.87. The Kier molecular flexibility index (Phi) is 4.36. The average Bonchev–Trinajstić information content (AvgIpc) is 2.82. The number of nitrogen functional groups attached to an aromatic ring is 1. The number of nitrogens with two attached hydrogens (primary N) is 1. The van der Waals surface area contributed by atoms with Crippen LogP contribution < -0.4 is 10.5 Å². The number of benzene rings is 1. The first-order chi connectivity index (χ1) is 9.68. The third-order valence-corrected chi connectivity index (χ3v) is 5.18. The van der Waals surface area contributed by atoms with Crippen LogP contribution in [-0.4, -0.2) is 13.4 Å². The van der Waals surface area contributed by atoms with Crippen LogP contribution in [0.15, 0.2) is 34.5 Å². The summed E-state index contributed by atoms with van der Waals surface area (Å²) < 4.78 is 26.9. The molecule has 0 saturated heterocycles. The van der Waals surface area contributed by atoms with Gasteiger partial charge in [-0.25, -0.2) is 18.1 Å². The van der Waals surface area contributed by atoms with Crippen molar-refractivity contribution in [2.45, 2.75) is 37.6 Å². The molecule has 1 aromatic carbocycles. The lowest BCUT2D eigenvalue weighted by Crippen LogP contribution is -2.23. The van der Waals surface area contributed by atoms with E-state index in [9.17, 15) is 8.42 Å². The van der Waals surface area contributed by atoms with Gasteiger partial charge >= 0.3 is 0 Å². The average molecular weight is 325 g/mol. The third-order valence-electron chi connectivity index (χ3n) is 3.04. The summed E-state index contributed by atoms with van der Waals surface area (Å²) in [5.74, 6) is 0. The van der Waals surface area contributed by atoms with Crippen LogP contribution in [0, 0.1) is 0 Å². The van der Waals surface area contributed by atoms with Crippen molar-refractivity contribution in [3.8, 4) is 0 Å². The van der Waals surface area contributed by atoms with Crippen LogP contribution in [0.1, 0.15) is 32.0 Å². The second kappa shape index (κ2) is 5.75. The molecular formula is C14H19N3O2S2. The highest BCUT2D eigenvalue weighted by Gasteiger charge is 2.17. The standard InChI is InChI=1S/C14H19N3O2S2/c1-14(2,3)10-4-6-12(7-5-10)21(18,19)16-8-11-9-20-13(15)17-11/h4-7,9,16H,8H2,1-3H3,(H2,15,17). The Hall–Kier alpha value is -1.44. The van der Waals surface area contributed by atoms with Crippen LogP contribution in [0.3, 0.4) is 0 Å². The van der Waals surface area contributed by atoms with E-state index in [-0.39, 0.29) is 16.9 Å². The number of rotatable bonds is 4. The molecule has 114 valence electrons. The lowest BCUT2D eigenvalue weighted by molar-refractivity contribution is 0.577. The molecule has 0 aliphatic rings. The van der Waals surface area contributed by atoms with E-state index in [0.717, 1.165) is 5.56 Å². The molecule has 1 heterocycles. The van der Waals surface area contributed by atoms with Gasteiger partial charge in [0.1, 0.15) is 0 Å². The van der Waals surface area contributed by atoms with E-state index in [1.165, 1.54) is 11.3 Å². The van der Waals surface area contributed by atoms with Gasteiger partial charge in [-0.1, -0.05) is 32.9 Å². The largest absolute Gasteiger partial charge is 0.375 e. The molecule has 0 saturated carbocycles. The van der Waals surface area contributed by atoms with Crippen LogP contribution in [0.25, 0.3) is 0 Å². The fourth-order valence-corrected chi connectivity index (χ4v) is 3.35. The van der Waals surface area contributed by atoms with Crippen molar-refractivity contribution >= 4 is 26.5 Å². The molecule has 2 aromatic rings. The van der Waals surface area contributed by atoms with E-state index in [0.29, 0.717) is 10.8 Å². The maximum absolute atomic E-state index is 12.2. The number of sulfonamides is 1. The molecule has 21 heavy (non-hydrogen) atoms. The number of hydrogen-bond donors (Lipinski definition) is 2. The van der Waals surface area contributed by atoms with Gasteiger partial charge in [-0.2, -0.15) is 0 Å². The molecule has 0 bridgehead atoms. The molecule has 7 heteroatoms. The quantitative estimate of drug-likeness (QED) is 0.904. The molecule has 0 radical (unpaired) electrons. The van der Waals surface area contributed by atoms with Gasteiger partial charge in [0.05, 0.1) is 17.1 Å². The van der Waals surface area contributed by atoms with Crippen LogP contribution in [0.2, 0.25) is 0 Å². The lowest BCUT2D eigenvalue weighted by Gasteiger charge is -2.19. The zero-order valence-electron chi connectivity index (χ0n) is 12.3. The minimum absolute atomic E-state index is 0.00611. The summed E-state index contributed by atoms with van der Waals surface area (Å²) >= 11 is 1.29. The summed E-state index contributed by atoms with van der Waals surface area (Å²) in [5.41, 5.74) is 7.22. The van der Waals surface area contributed by atoms with Crippen LogP contribution in [0.5, 0.6) is 0 Å². The minimum Gasteiger partial charge on any atom is -0.375 e. The van der Waals surface area contributed by atoms with Gasteiger partial charge in [0, 0.05) is 5.38 Å². The Morgan fingerprint density at radius 3 is 2.33 bits per heavy atom. The zero-order valence-corrected chi connectivity index (χ0v) is 13.9. The van der Waals surface area contributed by atoms with Crippen molar-refractivity contribution < 1.29 is 8.42 Å². The van der Waals surface area contributed by atoms with Crippen molar-refractivity contribution in [1.82, 2.24) is 9.71 Å². The summed E-state index contributed by atoms with van der Waals surface area (Å²) in [6, 6.07) is 6.93. The monoisotopic (exact) mass is 325 g/mol. The first-order valence-electron chi connectivity index (χ1n) is 6.48. The molecule has 0 unspecified atom stereocenters. The molecular weight excluding hydrogens is 306 g/mol. The second-order valence-electron chi connectivity index (χ2n) is 5.78. The van der Waals surface area contributed by atoms with Gasteiger partial charge < -0.3 is 5.73 Å². The van der Waals surface area contributed by atoms with Crippen LogP contribution >= 0.6 is 11.3 Å². The molecule has 0 atom stereocenters. The predicted octanol–water partition coefficient (Wildman–Crippen LogP) is 2.50. The fourth-order valence-electron chi connectivity index (χ4n) is 1.79. The number of thiazole rings is 1. The van der Waals surface area contributed by atoms with Gasteiger partial charge in [-0.15, -0.1) is 11.3 Å². The maximum Gasteiger partial charge on any atom is 0.240 e. The molecule has 0 aliphatic carbocycles. The molecule has 1 aromatic heterocycles. The van der Waals surface area contributed by atoms with E-state index in [1.807, 2.05) is 12.1 Å². The molecule has 5 nitrogen and oxygen atoms in total. The van der Waals surface area contributed by atoms with Gasteiger partial charge in [0.2, 0.25) is 10.0 Å². The van der Waals surface area contributed by atoms with Gasteiger partial charge in [0.25, 0.3) is 0 Å². The van der Waals surface area contributed by atoms with Crippen LogP contribution in [-0.2, 0) is 22.0 Å². The fraction of sp³-hybridized carbons (Fsp3) is 0.357. The Bertz CT molecular complexity index is 713. The number of nitrogens with zero attached hydrogens (tertiary/aromatic N) is 1. The van der Waals surface area contributed by atoms with Crippen molar-refractivity contribution in [1.29, 1.82) is 0 Å². The van der Waals surface area contributed by atoms with Crippen LogP contribution in [0.4, 0.5) is 5.13 Å². The van der Waals surface area contributed by atoms with E-state index in [2.05, 4.69) is 30.5 Å². The van der Waals surface area contributed by atoms with Crippen molar-refractivity contribution in [2.24, 2.45) is 0 Å². The van der Waals surface area contributed by atoms with Gasteiger partial charge in [-0.05, 0) is 23.1 Å². The number of nitrogens with one attached hydrogen (secondary N) is 1. The molecule has 0 amide bonds. The first kappa shape index (κ1) is 15.9. The minimum atomic E-state index is -3.54. The number of anilines is 1. The number of aromatic nitrogens is 1. The molecule has 0 spiro atoms. The molecule has 2 rings (SSSR count). The van der Waals surface area contributed by atoms with E-state index in [4.69, 9.17) is 5.73 Å². The summed E-state index contributed by atoms with van der Waals surface area (Å²) in [7, 11) is -3.54. The molecule has 3 N–H and O–H groups in total. The Morgan fingerprint density at radius 1 is 1.24 bits per heavy atom. The summed E-state index contributed by atoms with van der Waals surface area (Å²) in [6.45, 7) is 6.39. The Morgan fingerprint density at radius 2 is 1.86 bits per heavy atom. The summed E-state index contributed by atoms with van der Waals surface area (Å²) in [4.78, 5) is 4.27. The first-order valence-corrected chi connectivity index (χ1v) is 8.85. The van der Waals surface area contributed by atoms with E-state index >= 15 is 0 Å². The smallest absolute Gasteiger partial charge is 0.240 e. The van der Waals surface area contributed by atoms with E-state index in [1.54, 1.807) is 17.5 Å². The topological polar surface area (TPSA) is 85.1 Å². The van der Waals surface area contributed by atoms with Crippen molar-refractivity contribution in [2.75, 3.05) is 5.73 Å². The van der Waals surface area contributed by atoms with Crippen molar-refractivity contribution in [3.63, 3.8) is 0 Å². The van der Waals surface area contributed by atoms with E-state index < -0.39 is 10.0 Å². The normalized spacial score (nSPS) is 12.5.